The summed E-state index contributed by atoms with van der Waals surface area (Å²) in [7, 11) is 0. The van der Waals surface area contributed by atoms with Crippen LogP contribution in [0, 0.1) is 23.2 Å². The second-order valence-electron chi connectivity index (χ2n) is 8.64. The van der Waals surface area contributed by atoms with Crippen LogP contribution in [-0.4, -0.2) is 72.4 Å². The maximum atomic E-state index is 10.1. The quantitative estimate of drug-likeness (QED) is 0.494. The molecule has 1 atom stereocenters. The van der Waals surface area contributed by atoms with Crippen LogP contribution in [0.15, 0.2) is 0 Å². The van der Waals surface area contributed by atoms with Crippen molar-refractivity contribution in [2.45, 2.75) is 51.0 Å². The van der Waals surface area contributed by atoms with Gasteiger partial charge < -0.3 is 20.1 Å². The molecule has 5 nitrogen and oxygen atoms in total. The van der Waals surface area contributed by atoms with Gasteiger partial charge in [-0.25, -0.2) is 0 Å². The monoisotopic (exact) mass is 341 g/mol. The number of hydrogen-bond donors (Lipinski definition) is 3. The number of ether oxygens (including phenoxy) is 1. The highest BCUT2D eigenvalue weighted by Crippen LogP contribution is 2.61. The molecule has 0 aromatic rings. The maximum Gasteiger partial charge on any atom is 0.0900 e. The van der Waals surface area contributed by atoms with Crippen LogP contribution in [0.3, 0.4) is 0 Å². The molecule has 5 heteroatoms. The van der Waals surface area contributed by atoms with Gasteiger partial charge in [-0.15, -0.1) is 0 Å². The first kappa shape index (κ1) is 18.6. The molecule has 4 bridgehead atoms. The van der Waals surface area contributed by atoms with Crippen molar-refractivity contribution >= 4 is 0 Å². The molecule has 0 aliphatic heterocycles. The molecule has 0 aromatic heterocycles. The van der Waals surface area contributed by atoms with Crippen molar-refractivity contribution in [1.82, 2.24) is 4.90 Å². The summed E-state index contributed by atoms with van der Waals surface area (Å²) in [5, 5.41) is 28.1. The molecule has 4 fully saturated rings. The number of hydrogen-bond acceptors (Lipinski definition) is 5. The summed E-state index contributed by atoms with van der Waals surface area (Å²) in [5.74, 6) is 2.94. The standard InChI is InChI=1S/C19H35NO4/c21-4-2-20(3-5-22)13-18(23)14-24-6-1-19-10-15-7-16(11-19)9-17(8-15)12-19/h15-18,21-23H,1-14H2/t15?,16?,17?,18-,19?/m1/s1. The molecule has 0 heterocycles. The van der Waals surface area contributed by atoms with E-state index >= 15 is 0 Å². The van der Waals surface area contributed by atoms with Crippen LogP contribution >= 0.6 is 0 Å². The molecule has 0 saturated heterocycles. The van der Waals surface area contributed by atoms with Gasteiger partial charge in [0.05, 0.1) is 25.9 Å². The Morgan fingerprint density at radius 3 is 2.00 bits per heavy atom. The minimum Gasteiger partial charge on any atom is -0.395 e. The second kappa shape index (κ2) is 8.45. The van der Waals surface area contributed by atoms with Gasteiger partial charge in [-0.1, -0.05) is 0 Å². The zero-order valence-electron chi connectivity index (χ0n) is 14.9. The van der Waals surface area contributed by atoms with E-state index in [-0.39, 0.29) is 13.2 Å². The summed E-state index contributed by atoms with van der Waals surface area (Å²) in [4.78, 5) is 1.87. The SMILES string of the molecule is OCCN(CCO)C[C@@H](O)COCCC12CC3CC(CC(C3)C1)C2. The van der Waals surface area contributed by atoms with Crippen LogP contribution in [0.4, 0.5) is 0 Å². The molecule has 24 heavy (non-hydrogen) atoms. The highest BCUT2D eigenvalue weighted by Gasteiger charge is 2.50. The van der Waals surface area contributed by atoms with Crippen molar-refractivity contribution in [3.05, 3.63) is 0 Å². The fourth-order valence-electron chi connectivity index (χ4n) is 6.03. The molecule has 3 N–H and O–H groups in total. The Morgan fingerprint density at radius 1 is 0.958 bits per heavy atom. The summed E-state index contributed by atoms with van der Waals surface area (Å²) < 4.78 is 5.79. The molecular weight excluding hydrogens is 306 g/mol. The van der Waals surface area contributed by atoms with Crippen LogP contribution in [0.2, 0.25) is 0 Å². The summed E-state index contributed by atoms with van der Waals surface area (Å²) in [6.45, 7) is 2.58. The van der Waals surface area contributed by atoms with Gasteiger partial charge in [0.25, 0.3) is 0 Å². The van der Waals surface area contributed by atoms with E-state index in [4.69, 9.17) is 14.9 Å². The average Bonchev–Trinajstić information content (AvgIpc) is 2.51. The van der Waals surface area contributed by atoms with Crippen LogP contribution in [-0.2, 0) is 4.74 Å². The van der Waals surface area contributed by atoms with E-state index in [2.05, 4.69) is 0 Å². The normalized spacial score (nSPS) is 35.8. The molecule has 4 aliphatic rings. The lowest BCUT2D eigenvalue weighted by molar-refractivity contribution is -0.0742. The summed E-state index contributed by atoms with van der Waals surface area (Å²) in [6, 6.07) is 0. The lowest BCUT2D eigenvalue weighted by Gasteiger charge is -2.57. The van der Waals surface area contributed by atoms with Gasteiger partial charge in [0, 0.05) is 26.2 Å². The first-order valence-corrected chi connectivity index (χ1v) is 9.82. The summed E-state index contributed by atoms with van der Waals surface area (Å²) in [5.41, 5.74) is 0.541. The van der Waals surface area contributed by atoms with E-state index in [9.17, 15) is 5.11 Å². The average molecular weight is 341 g/mol. The molecule has 0 radical (unpaired) electrons. The largest absolute Gasteiger partial charge is 0.395 e. The molecule has 0 spiro atoms. The minimum absolute atomic E-state index is 0.0413. The zero-order chi connectivity index (χ0) is 17.0. The fraction of sp³-hybridized carbons (Fsp3) is 1.00. The highest BCUT2D eigenvalue weighted by atomic mass is 16.5. The Hall–Kier alpha value is -0.200. The predicted molar refractivity (Wildman–Crippen MR) is 92.7 cm³/mol. The zero-order valence-corrected chi connectivity index (χ0v) is 14.9. The Kier molecular flexibility index (Phi) is 6.55. The molecular formula is C19H35NO4. The van der Waals surface area contributed by atoms with E-state index in [1.165, 1.54) is 38.5 Å². The van der Waals surface area contributed by atoms with E-state index < -0.39 is 6.10 Å². The second-order valence-corrected chi connectivity index (χ2v) is 8.64. The Morgan fingerprint density at radius 2 is 1.50 bits per heavy atom. The van der Waals surface area contributed by atoms with Crippen LogP contribution in [0.5, 0.6) is 0 Å². The lowest BCUT2D eigenvalue weighted by atomic mass is 9.49. The third-order valence-corrected chi connectivity index (χ3v) is 6.55. The summed E-state index contributed by atoms with van der Waals surface area (Å²) in [6.07, 6.45) is 9.25. The Bertz CT molecular complexity index is 348. The summed E-state index contributed by atoms with van der Waals surface area (Å²) >= 11 is 0. The van der Waals surface area contributed by atoms with Gasteiger partial charge in [-0.05, 0) is 68.1 Å². The topological polar surface area (TPSA) is 73.2 Å². The van der Waals surface area contributed by atoms with Crippen molar-refractivity contribution in [3.8, 4) is 0 Å². The van der Waals surface area contributed by atoms with Crippen molar-refractivity contribution in [2.75, 3.05) is 46.1 Å². The number of aliphatic hydroxyl groups excluding tert-OH is 3. The van der Waals surface area contributed by atoms with Gasteiger partial charge in [0.1, 0.15) is 0 Å². The van der Waals surface area contributed by atoms with Crippen LogP contribution in [0.25, 0.3) is 0 Å². The Balaban J connectivity index is 1.35. The van der Waals surface area contributed by atoms with Gasteiger partial charge in [0.15, 0.2) is 0 Å². The van der Waals surface area contributed by atoms with Crippen molar-refractivity contribution in [3.63, 3.8) is 0 Å². The predicted octanol–water partition coefficient (Wildman–Crippen LogP) is 1.26. The van der Waals surface area contributed by atoms with Crippen LogP contribution in [0.1, 0.15) is 44.9 Å². The first-order valence-electron chi connectivity index (χ1n) is 9.82. The van der Waals surface area contributed by atoms with Crippen molar-refractivity contribution < 1.29 is 20.1 Å². The fourth-order valence-corrected chi connectivity index (χ4v) is 6.03. The minimum atomic E-state index is -0.556. The van der Waals surface area contributed by atoms with Gasteiger partial charge in [-0.2, -0.15) is 0 Å². The van der Waals surface area contributed by atoms with Crippen molar-refractivity contribution in [2.24, 2.45) is 23.2 Å². The van der Waals surface area contributed by atoms with Crippen LogP contribution < -0.4 is 0 Å². The van der Waals surface area contributed by atoms with E-state index in [1.807, 2.05) is 4.90 Å². The number of aliphatic hydroxyl groups is 3. The van der Waals surface area contributed by atoms with Gasteiger partial charge >= 0.3 is 0 Å². The Labute approximate surface area is 146 Å². The third kappa shape index (κ3) is 4.70. The maximum absolute atomic E-state index is 10.1. The molecule has 0 unspecified atom stereocenters. The van der Waals surface area contributed by atoms with Gasteiger partial charge in [-0.3, -0.25) is 4.90 Å². The third-order valence-electron chi connectivity index (χ3n) is 6.55. The smallest absolute Gasteiger partial charge is 0.0900 e. The highest BCUT2D eigenvalue weighted by molar-refractivity contribution is 5.01. The molecule has 140 valence electrons. The van der Waals surface area contributed by atoms with E-state index in [1.54, 1.807) is 0 Å². The first-order chi connectivity index (χ1) is 11.6. The van der Waals surface area contributed by atoms with Gasteiger partial charge in [0.2, 0.25) is 0 Å². The number of nitrogens with zero attached hydrogens (tertiary/aromatic N) is 1. The molecule has 4 aliphatic carbocycles. The molecule has 4 rings (SSSR count). The van der Waals surface area contributed by atoms with Crippen molar-refractivity contribution in [1.29, 1.82) is 0 Å². The molecule has 0 aromatic carbocycles. The van der Waals surface area contributed by atoms with E-state index in [0.29, 0.717) is 31.7 Å². The lowest BCUT2D eigenvalue weighted by Crippen LogP contribution is -2.46. The molecule has 0 amide bonds. The van der Waals surface area contributed by atoms with E-state index in [0.717, 1.165) is 30.8 Å². The number of rotatable bonds is 11. The molecule has 4 saturated carbocycles.